The van der Waals surface area contributed by atoms with Gasteiger partial charge in [0.05, 0.1) is 4.75 Å². The summed E-state index contributed by atoms with van der Waals surface area (Å²) in [4.78, 5) is 11.9. The third-order valence-corrected chi connectivity index (χ3v) is 6.73. The Morgan fingerprint density at radius 3 is 2.54 bits per heavy atom. The van der Waals surface area contributed by atoms with Crippen molar-refractivity contribution < 1.29 is 9.00 Å². The van der Waals surface area contributed by atoms with Crippen LogP contribution in [0.4, 0.5) is 4.79 Å². The Kier molecular flexibility index (Phi) is 5.19. The van der Waals surface area contributed by atoms with Gasteiger partial charge in [-0.1, -0.05) is 48.9 Å². The maximum Gasteiger partial charge on any atom is 0.314 e. The molecule has 2 N–H and O–H groups in total. The smallest absolute Gasteiger partial charge is 0.314 e. The lowest BCUT2D eigenvalue weighted by atomic mass is 9.84. The zero-order valence-corrected chi connectivity index (χ0v) is 14.8. The van der Waals surface area contributed by atoms with Crippen molar-refractivity contribution in [3.05, 3.63) is 48.0 Å². The summed E-state index contributed by atoms with van der Waals surface area (Å²) in [6.45, 7) is 1.09. The van der Waals surface area contributed by atoms with E-state index in [9.17, 15) is 9.00 Å². The van der Waals surface area contributed by atoms with Gasteiger partial charge in [-0.05, 0) is 35.6 Å². The van der Waals surface area contributed by atoms with Crippen LogP contribution in [0.15, 0.2) is 42.5 Å². The highest BCUT2D eigenvalue weighted by atomic mass is 32.2. The van der Waals surface area contributed by atoms with Crippen molar-refractivity contribution in [2.75, 3.05) is 19.3 Å². The van der Waals surface area contributed by atoms with Crippen LogP contribution in [0.5, 0.6) is 0 Å². The first-order valence-electron chi connectivity index (χ1n) is 8.42. The van der Waals surface area contributed by atoms with Crippen LogP contribution < -0.4 is 10.6 Å². The molecule has 4 nitrogen and oxygen atoms in total. The summed E-state index contributed by atoms with van der Waals surface area (Å²) < 4.78 is 11.6. The predicted molar refractivity (Wildman–Crippen MR) is 99.7 cm³/mol. The van der Waals surface area contributed by atoms with Crippen LogP contribution in [0.1, 0.15) is 24.8 Å². The second-order valence-electron chi connectivity index (χ2n) is 6.53. The number of carbonyl (C=O) groups excluding carboxylic acids is 1. The lowest BCUT2D eigenvalue weighted by Gasteiger charge is -2.39. The molecule has 5 heteroatoms. The number of rotatable bonds is 6. The van der Waals surface area contributed by atoms with Gasteiger partial charge in [0, 0.05) is 30.1 Å². The van der Waals surface area contributed by atoms with Crippen molar-refractivity contribution in [2.24, 2.45) is 0 Å². The van der Waals surface area contributed by atoms with E-state index < -0.39 is 10.8 Å². The number of urea groups is 1. The van der Waals surface area contributed by atoms with Crippen molar-refractivity contribution in [3.63, 3.8) is 0 Å². The molecule has 0 radical (unpaired) electrons. The number of hydrogen-bond acceptors (Lipinski definition) is 2. The third kappa shape index (κ3) is 3.78. The van der Waals surface area contributed by atoms with Crippen molar-refractivity contribution in [1.29, 1.82) is 0 Å². The monoisotopic (exact) mass is 344 g/mol. The van der Waals surface area contributed by atoms with Crippen LogP contribution in [0.2, 0.25) is 0 Å². The molecule has 1 atom stereocenters. The van der Waals surface area contributed by atoms with E-state index >= 15 is 0 Å². The van der Waals surface area contributed by atoms with Gasteiger partial charge in [0.15, 0.2) is 0 Å². The molecule has 0 bridgehead atoms. The van der Waals surface area contributed by atoms with Crippen molar-refractivity contribution in [1.82, 2.24) is 10.6 Å². The molecule has 1 aliphatic rings. The van der Waals surface area contributed by atoms with E-state index in [1.54, 1.807) is 6.26 Å². The second kappa shape index (κ2) is 7.34. The zero-order valence-electron chi connectivity index (χ0n) is 14.0. The number of benzene rings is 2. The molecule has 1 fully saturated rings. The number of amides is 2. The van der Waals surface area contributed by atoms with Crippen molar-refractivity contribution in [2.45, 2.75) is 30.4 Å². The number of carbonyl (C=O) groups is 1. The summed E-state index contributed by atoms with van der Waals surface area (Å²) in [5, 5.41) is 8.22. The average Bonchev–Trinajstić information content (AvgIpc) is 2.53. The molecule has 0 heterocycles. The predicted octanol–water partition coefficient (Wildman–Crippen LogP) is 2.98. The van der Waals surface area contributed by atoms with Crippen LogP contribution in [0.3, 0.4) is 0 Å². The fraction of sp³-hybridized carbons (Fsp3) is 0.421. The minimum absolute atomic E-state index is 0.174. The molecular formula is C19H24N2O2S. The van der Waals surface area contributed by atoms with Crippen LogP contribution in [-0.2, 0) is 17.2 Å². The Hall–Kier alpha value is -1.88. The molecular weight excluding hydrogens is 320 g/mol. The van der Waals surface area contributed by atoms with Gasteiger partial charge in [0.1, 0.15) is 0 Å². The van der Waals surface area contributed by atoms with Gasteiger partial charge in [-0.15, -0.1) is 0 Å². The van der Waals surface area contributed by atoms with Gasteiger partial charge in [0.2, 0.25) is 0 Å². The summed E-state index contributed by atoms with van der Waals surface area (Å²) in [7, 11) is -0.890. The Balaban J connectivity index is 1.45. The van der Waals surface area contributed by atoms with Crippen LogP contribution in [0.25, 0.3) is 10.8 Å². The first-order valence-corrected chi connectivity index (χ1v) is 9.98. The summed E-state index contributed by atoms with van der Waals surface area (Å²) in [5.41, 5.74) is 1.21. The van der Waals surface area contributed by atoms with E-state index in [0.717, 1.165) is 25.7 Å². The molecule has 128 valence electrons. The molecule has 1 saturated carbocycles. The minimum Gasteiger partial charge on any atom is -0.338 e. The van der Waals surface area contributed by atoms with E-state index in [0.29, 0.717) is 13.1 Å². The van der Waals surface area contributed by atoms with Crippen molar-refractivity contribution in [3.8, 4) is 0 Å². The minimum atomic E-state index is -0.890. The molecule has 1 unspecified atom stereocenters. The standard InChI is InChI=1S/C19H24N2O2S/c1-24(23)19(10-4-11-19)14-21-18(22)20-12-9-15-7-8-16-5-2-3-6-17(16)13-15/h2-3,5-8,13H,4,9-12,14H2,1H3,(H2,20,21,22). The van der Waals surface area contributed by atoms with Crippen LogP contribution in [-0.4, -0.2) is 34.3 Å². The molecule has 1 aliphatic carbocycles. The summed E-state index contributed by atoms with van der Waals surface area (Å²) in [5.74, 6) is 0. The number of fused-ring (bicyclic) bond motifs is 1. The van der Waals surface area contributed by atoms with Gasteiger partial charge in [-0.2, -0.15) is 0 Å². The second-order valence-corrected chi connectivity index (χ2v) is 8.31. The van der Waals surface area contributed by atoms with Crippen molar-refractivity contribution >= 4 is 27.6 Å². The topological polar surface area (TPSA) is 58.2 Å². The first-order chi connectivity index (χ1) is 11.6. The van der Waals surface area contributed by atoms with Crippen LogP contribution >= 0.6 is 0 Å². The van der Waals surface area contributed by atoms with Gasteiger partial charge in [0.25, 0.3) is 0 Å². The average molecular weight is 344 g/mol. The van der Waals surface area contributed by atoms with Gasteiger partial charge < -0.3 is 10.6 Å². The number of nitrogens with one attached hydrogen (secondary N) is 2. The molecule has 0 spiro atoms. The largest absolute Gasteiger partial charge is 0.338 e. The van der Waals surface area contributed by atoms with Gasteiger partial charge in [-0.3, -0.25) is 4.21 Å². The highest BCUT2D eigenvalue weighted by Gasteiger charge is 2.40. The fourth-order valence-electron chi connectivity index (χ4n) is 3.16. The molecule has 2 aromatic rings. The quantitative estimate of drug-likeness (QED) is 0.846. The van der Waals surface area contributed by atoms with Crippen LogP contribution in [0, 0.1) is 0 Å². The molecule has 2 amide bonds. The fourth-order valence-corrected chi connectivity index (χ4v) is 4.29. The van der Waals surface area contributed by atoms with E-state index in [-0.39, 0.29) is 10.8 Å². The first kappa shape index (κ1) is 17.0. The normalized spacial score (nSPS) is 17.0. The molecule has 0 saturated heterocycles. The maximum atomic E-state index is 11.9. The lowest BCUT2D eigenvalue weighted by Crippen LogP contribution is -2.52. The van der Waals surface area contributed by atoms with Gasteiger partial charge in [-0.25, -0.2) is 4.79 Å². The van der Waals surface area contributed by atoms with E-state index in [4.69, 9.17) is 0 Å². The molecule has 2 aromatic carbocycles. The third-order valence-electron chi connectivity index (χ3n) is 4.96. The Labute approximate surface area is 145 Å². The zero-order chi connectivity index (χ0) is 17.0. The number of hydrogen-bond donors (Lipinski definition) is 2. The molecule has 3 rings (SSSR count). The van der Waals surface area contributed by atoms with E-state index in [1.807, 2.05) is 12.1 Å². The molecule has 0 aromatic heterocycles. The van der Waals surface area contributed by atoms with Gasteiger partial charge >= 0.3 is 6.03 Å². The maximum absolute atomic E-state index is 11.9. The summed E-state index contributed by atoms with van der Waals surface area (Å²) in [6.07, 6.45) is 5.51. The highest BCUT2D eigenvalue weighted by Crippen LogP contribution is 2.36. The van der Waals surface area contributed by atoms with E-state index in [1.165, 1.54) is 16.3 Å². The van der Waals surface area contributed by atoms with E-state index in [2.05, 4.69) is 41.0 Å². The highest BCUT2D eigenvalue weighted by molar-refractivity contribution is 7.85. The summed E-state index contributed by atoms with van der Waals surface area (Å²) >= 11 is 0. The summed E-state index contributed by atoms with van der Waals surface area (Å²) in [6, 6.07) is 14.5. The molecule has 24 heavy (non-hydrogen) atoms. The Morgan fingerprint density at radius 2 is 1.88 bits per heavy atom. The molecule has 0 aliphatic heterocycles. The Morgan fingerprint density at radius 1 is 1.12 bits per heavy atom. The SMILES string of the molecule is CS(=O)C1(CNC(=O)NCCc2ccc3ccccc3c2)CCC1. The Bertz CT molecular complexity index is 756. The lowest BCUT2D eigenvalue weighted by molar-refractivity contribution is 0.236.